The molecule has 218 valence electrons. The van der Waals surface area contributed by atoms with Crippen LogP contribution in [0.25, 0.3) is 11.3 Å². The average molecular weight is 594 g/mol. The van der Waals surface area contributed by atoms with Gasteiger partial charge in [-0.05, 0) is 72.9 Å². The molecule has 7 nitrogen and oxygen atoms in total. The van der Waals surface area contributed by atoms with Gasteiger partial charge in [0.1, 0.15) is 23.7 Å². The first kappa shape index (κ1) is 28.4. The second-order valence-corrected chi connectivity index (χ2v) is 11.1. The van der Waals surface area contributed by atoms with E-state index in [-0.39, 0.29) is 18.2 Å². The number of aromatic hydroxyl groups is 1. The number of nitrogens with one attached hydrogen (secondary N) is 1. The van der Waals surface area contributed by atoms with Crippen molar-refractivity contribution in [2.75, 3.05) is 6.61 Å². The first-order chi connectivity index (χ1) is 20.9. The molecule has 43 heavy (non-hydrogen) atoms. The van der Waals surface area contributed by atoms with Gasteiger partial charge >= 0.3 is 0 Å². The molecule has 1 amide bonds. The quantitative estimate of drug-likeness (QED) is 0.182. The summed E-state index contributed by atoms with van der Waals surface area (Å²) >= 11 is 6.56. The van der Waals surface area contributed by atoms with Crippen LogP contribution >= 0.6 is 11.6 Å². The maximum Gasteiger partial charge on any atom is 0.273 e. The Labute approximate surface area is 255 Å². The minimum atomic E-state index is -0.532. The Morgan fingerprint density at radius 1 is 0.953 bits per heavy atom. The van der Waals surface area contributed by atoms with Gasteiger partial charge in [0.25, 0.3) is 5.91 Å². The fourth-order valence-electron chi connectivity index (χ4n) is 5.68. The van der Waals surface area contributed by atoms with Gasteiger partial charge in [0.2, 0.25) is 0 Å². The number of rotatable bonds is 9. The first-order valence-corrected chi connectivity index (χ1v) is 14.6. The Morgan fingerprint density at radius 2 is 1.72 bits per heavy atom. The van der Waals surface area contributed by atoms with E-state index in [4.69, 9.17) is 21.1 Å². The highest BCUT2D eigenvalue weighted by molar-refractivity contribution is 6.31. The van der Waals surface area contributed by atoms with Gasteiger partial charge in [-0.2, -0.15) is 5.10 Å². The summed E-state index contributed by atoms with van der Waals surface area (Å²) in [5.41, 5.74) is 6.58. The molecule has 1 aliphatic heterocycles. The molecule has 0 saturated heterocycles. The fraction of sp³-hybridized carbons (Fsp3) is 0.200. The lowest BCUT2D eigenvalue weighted by Gasteiger charge is -2.27. The van der Waals surface area contributed by atoms with Crippen molar-refractivity contribution >= 4 is 17.5 Å². The number of ether oxygens (including phenoxy) is 2. The maximum atomic E-state index is 14.0. The Morgan fingerprint density at radius 3 is 2.49 bits per heavy atom. The molecule has 0 aliphatic carbocycles. The number of aryl methyl sites for hydroxylation is 2. The largest absolute Gasteiger partial charge is 0.507 e. The number of aromatic amines is 1. The van der Waals surface area contributed by atoms with Crippen LogP contribution in [0.4, 0.5) is 0 Å². The highest BCUT2D eigenvalue weighted by Crippen LogP contribution is 2.47. The molecular weight excluding hydrogens is 562 g/mol. The van der Waals surface area contributed by atoms with E-state index in [1.807, 2.05) is 106 Å². The smallest absolute Gasteiger partial charge is 0.273 e. The topological polar surface area (TPSA) is 87.7 Å². The molecular formula is C35H32ClN3O4. The summed E-state index contributed by atoms with van der Waals surface area (Å²) in [4.78, 5) is 15.8. The fourth-order valence-corrected chi connectivity index (χ4v) is 5.88. The number of phenolic OH excluding ortho intramolecular Hbond substituents is 1. The Bertz CT molecular complexity index is 1800. The number of aromatic nitrogens is 2. The third-order valence-corrected chi connectivity index (χ3v) is 8.05. The lowest BCUT2D eigenvalue weighted by atomic mass is 9.93. The molecule has 0 spiro atoms. The minimum absolute atomic E-state index is 0.135. The van der Waals surface area contributed by atoms with Gasteiger partial charge in [-0.15, -0.1) is 0 Å². The van der Waals surface area contributed by atoms with Crippen molar-refractivity contribution in [1.82, 2.24) is 15.1 Å². The molecule has 1 atom stereocenters. The summed E-state index contributed by atoms with van der Waals surface area (Å²) in [6.07, 6.45) is 0. The van der Waals surface area contributed by atoms with Crippen LogP contribution in [0.2, 0.25) is 5.02 Å². The normalized spacial score (nSPS) is 14.2. The minimum Gasteiger partial charge on any atom is -0.507 e. The number of H-pyrrole nitrogens is 1. The van der Waals surface area contributed by atoms with Gasteiger partial charge in [0.05, 0.1) is 12.6 Å². The first-order valence-electron chi connectivity index (χ1n) is 14.2. The summed E-state index contributed by atoms with van der Waals surface area (Å²) in [7, 11) is 0. The molecule has 2 heterocycles. The number of carbonyl (C=O) groups excluding carboxylic acids is 1. The van der Waals surface area contributed by atoms with Gasteiger partial charge in [-0.1, -0.05) is 72.3 Å². The van der Waals surface area contributed by atoms with E-state index >= 15 is 0 Å². The maximum absolute atomic E-state index is 14.0. The summed E-state index contributed by atoms with van der Waals surface area (Å²) in [5, 5.41) is 19.2. The molecule has 0 bridgehead atoms. The molecule has 2 N–H and O–H groups in total. The molecule has 0 saturated carbocycles. The Hall–Kier alpha value is -4.75. The number of halogens is 1. The predicted octanol–water partition coefficient (Wildman–Crippen LogP) is 7.78. The molecule has 0 radical (unpaired) electrons. The summed E-state index contributed by atoms with van der Waals surface area (Å²) in [6.45, 7) is 6.86. The van der Waals surface area contributed by atoms with Crippen LogP contribution < -0.4 is 9.47 Å². The second kappa shape index (κ2) is 11.9. The molecule has 6 rings (SSSR count). The summed E-state index contributed by atoms with van der Waals surface area (Å²) < 4.78 is 12.2. The van der Waals surface area contributed by atoms with E-state index in [0.717, 1.165) is 27.8 Å². The van der Waals surface area contributed by atoms with Gasteiger partial charge < -0.3 is 19.5 Å². The monoisotopic (exact) mass is 593 g/mol. The van der Waals surface area contributed by atoms with Crippen molar-refractivity contribution < 1.29 is 19.4 Å². The van der Waals surface area contributed by atoms with Crippen LogP contribution in [0.1, 0.15) is 56.8 Å². The van der Waals surface area contributed by atoms with E-state index in [1.165, 1.54) is 0 Å². The van der Waals surface area contributed by atoms with Crippen LogP contribution in [0.15, 0.2) is 84.9 Å². The molecule has 4 aromatic carbocycles. The van der Waals surface area contributed by atoms with E-state index < -0.39 is 6.04 Å². The number of fused-ring (bicyclic) bond motifs is 1. The predicted molar refractivity (Wildman–Crippen MR) is 167 cm³/mol. The lowest BCUT2D eigenvalue weighted by molar-refractivity contribution is 0.0730. The molecule has 1 aliphatic rings. The van der Waals surface area contributed by atoms with Crippen molar-refractivity contribution in [2.24, 2.45) is 0 Å². The van der Waals surface area contributed by atoms with E-state index in [0.29, 0.717) is 52.3 Å². The Balaban J connectivity index is 1.47. The standard InChI is InChI=1S/C35H32ClN3O4/c1-4-42-29-18-24(14-15-28(29)43-20-23-10-6-5-7-11-23)33-30-31(26-17-21(2)16-22(3)34(26)40)37-38-32(30)35(41)39(33)19-25-12-8-9-13-27(25)36/h5-18,33,40H,4,19-20H2,1-3H3,(H,37,38). The zero-order valence-electron chi connectivity index (χ0n) is 24.2. The van der Waals surface area contributed by atoms with Crippen molar-refractivity contribution in [3.63, 3.8) is 0 Å². The van der Waals surface area contributed by atoms with Gasteiger partial charge in [-0.3, -0.25) is 9.89 Å². The third-order valence-electron chi connectivity index (χ3n) is 7.68. The SMILES string of the molecule is CCOc1cc(C2c3c(-c4cc(C)cc(C)c4O)n[nH]c3C(=O)N2Cc2ccccc2Cl)ccc1OCc1ccccc1. The van der Waals surface area contributed by atoms with Gasteiger partial charge in [-0.25, -0.2) is 0 Å². The molecule has 1 aromatic heterocycles. The number of phenols is 1. The van der Waals surface area contributed by atoms with Crippen LogP contribution in [0, 0.1) is 13.8 Å². The number of carbonyl (C=O) groups is 1. The number of amides is 1. The number of benzene rings is 4. The van der Waals surface area contributed by atoms with Gasteiger partial charge in [0.15, 0.2) is 11.5 Å². The van der Waals surface area contributed by atoms with E-state index in [2.05, 4.69) is 10.2 Å². The molecule has 1 unspecified atom stereocenters. The van der Waals surface area contributed by atoms with Crippen LogP contribution in [0.3, 0.4) is 0 Å². The lowest BCUT2D eigenvalue weighted by Crippen LogP contribution is -2.29. The summed E-state index contributed by atoms with van der Waals surface area (Å²) in [5.74, 6) is 1.12. The number of hydrogen-bond donors (Lipinski definition) is 2. The van der Waals surface area contributed by atoms with Gasteiger partial charge in [0, 0.05) is 22.7 Å². The zero-order valence-corrected chi connectivity index (χ0v) is 25.0. The van der Waals surface area contributed by atoms with Crippen LogP contribution in [-0.2, 0) is 13.2 Å². The Kier molecular flexibility index (Phi) is 7.82. The van der Waals surface area contributed by atoms with Crippen molar-refractivity contribution in [3.8, 4) is 28.5 Å². The zero-order chi connectivity index (χ0) is 30.1. The highest BCUT2D eigenvalue weighted by Gasteiger charge is 2.43. The summed E-state index contributed by atoms with van der Waals surface area (Å²) in [6, 6.07) is 26.5. The van der Waals surface area contributed by atoms with E-state index in [1.54, 1.807) is 4.90 Å². The van der Waals surface area contributed by atoms with Crippen molar-refractivity contribution in [3.05, 3.63) is 129 Å². The number of hydrogen-bond acceptors (Lipinski definition) is 5. The van der Waals surface area contributed by atoms with Crippen LogP contribution in [-0.4, -0.2) is 32.7 Å². The second-order valence-electron chi connectivity index (χ2n) is 10.7. The average Bonchev–Trinajstić information content (AvgIpc) is 3.54. The molecule has 8 heteroatoms. The third kappa shape index (κ3) is 5.44. The van der Waals surface area contributed by atoms with E-state index in [9.17, 15) is 9.90 Å². The van der Waals surface area contributed by atoms with Crippen molar-refractivity contribution in [2.45, 2.75) is 40.0 Å². The molecule has 0 fully saturated rings. The number of nitrogens with zero attached hydrogens (tertiary/aromatic N) is 2. The van der Waals surface area contributed by atoms with Crippen molar-refractivity contribution in [1.29, 1.82) is 0 Å². The molecule has 5 aromatic rings. The van der Waals surface area contributed by atoms with Crippen LogP contribution in [0.5, 0.6) is 17.2 Å². The highest BCUT2D eigenvalue weighted by atomic mass is 35.5.